The van der Waals surface area contributed by atoms with Crippen LogP contribution in [0.15, 0.2) is 54.7 Å². The molecule has 1 aromatic heterocycles. The van der Waals surface area contributed by atoms with Crippen LogP contribution in [-0.2, 0) is 11.3 Å². The molecule has 1 saturated heterocycles. The van der Waals surface area contributed by atoms with E-state index in [1.54, 1.807) is 37.4 Å². The minimum atomic E-state index is -1.18. The number of rotatable bonds is 6. The first-order chi connectivity index (χ1) is 14.5. The number of aromatic carboxylic acids is 1. The maximum absolute atomic E-state index is 12.8. The van der Waals surface area contributed by atoms with Crippen LogP contribution in [0.25, 0.3) is 0 Å². The van der Waals surface area contributed by atoms with E-state index in [1.165, 1.54) is 15.8 Å². The lowest BCUT2D eigenvalue weighted by Gasteiger charge is -2.25. The van der Waals surface area contributed by atoms with Crippen LogP contribution in [0.3, 0.4) is 0 Å². The number of carboxylic acid groups (broad SMARTS) is 1. The Balaban J connectivity index is 1.73. The molecule has 1 aliphatic heterocycles. The van der Waals surface area contributed by atoms with Gasteiger partial charge in [0.05, 0.1) is 19.9 Å². The summed E-state index contributed by atoms with van der Waals surface area (Å²) in [5.41, 5.74) is 1.22. The number of anilines is 1. The number of hydrogen-bond acceptors (Lipinski definition) is 6. The maximum Gasteiger partial charge on any atom is 0.415 e. The molecule has 0 aliphatic carbocycles. The van der Waals surface area contributed by atoms with Gasteiger partial charge in [-0.25, -0.2) is 14.3 Å². The van der Waals surface area contributed by atoms with Gasteiger partial charge in [0.15, 0.2) is 5.69 Å². The first-order valence-electron chi connectivity index (χ1n) is 8.99. The molecule has 2 heterocycles. The van der Waals surface area contributed by atoms with E-state index in [9.17, 15) is 9.59 Å². The molecule has 154 valence electrons. The molecule has 0 unspecified atom stereocenters. The van der Waals surface area contributed by atoms with Crippen LogP contribution in [0.1, 0.15) is 22.1 Å². The van der Waals surface area contributed by atoms with Crippen LogP contribution in [-0.4, -0.2) is 45.4 Å². The van der Waals surface area contributed by atoms with Crippen molar-refractivity contribution >= 4 is 29.4 Å². The molecule has 9 nitrogen and oxygen atoms in total. The van der Waals surface area contributed by atoms with E-state index >= 15 is 0 Å². The lowest BCUT2D eigenvalue weighted by Crippen LogP contribution is -2.31. The van der Waals surface area contributed by atoms with E-state index in [0.29, 0.717) is 16.5 Å². The number of cyclic esters (lactones) is 1. The van der Waals surface area contributed by atoms with Crippen LogP contribution in [0.2, 0.25) is 5.02 Å². The number of carbonyl (C=O) groups excluding carboxylic acids is 1. The van der Waals surface area contributed by atoms with Gasteiger partial charge in [-0.1, -0.05) is 28.9 Å². The Hall–Kier alpha value is -3.59. The van der Waals surface area contributed by atoms with Gasteiger partial charge in [0.2, 0.25) is 0 Å². The average Bonchev–Trinajstić information content (AvgIpc) is 3.33. The molecule has 1 N–H and O–H groups in total. The minimum Gasteiger partial charge on any atom is -0.497 e. The van der Waals surface area contributed by atoms with Crippen molar-refractivity contribution in [2.45, 2.75) is 18.7 Å². The van der Waals surface area contributed by atoms with Crippen LogP contribution in [0.4, 0.5) is 10.5 Å². The summed E-state index contributed by atoms with van der Waals surface area (Å²) in [6.07, 6.45) is 0.112. The molecule has 1 aliphatic rings. The lowest BCUT2D eigenvalue weighted by molar-refractivity contribution is 0.0690. The summed E-state index contributed by atoms with van der Waals surface area (Å²) >= 11 is 5.99. The zero-order valence-electron chi connectivity index (χ0n) is 15.8. The van der Waals surface area contributed by atoms with Crippen molar-refractivity contribution in [3.63, 3.8) is 0 Å². The van der Waals surface area contributed by atoms with Gasteiger partial charge in [-0.15, -0.1) is 5.10 Å². The second-order valence-electron chi connectivity index (χ2n) is 6.62. The number of amides is 1. The van der Waals surface area contributed by atoms with E-state index < -0.39 is 24.2 Å². The second-order valence-corrected chi connectivity index (χ2v) is 7.06. The number of carbonyl (C=O) groups is 2. The summed E-state index contributed by atoms with van der Waals surface area (Å²) in [6.45, 7) is 0.123. The highest BCUT2D eigenvalue weighted by atomic mass is 35.5. The Morgan fingerprint density at radius 2 is 2.03 bits per heavy atom. The predicted molar refractivity (Wildman–Crippen MR) is 107 cm³/mol. The van der Waals surface area contributed by atoms with Crippen molar-refractivity contribution in [1.29, 1.82) is 0 Å². The van der Waals surface area contributed by atoms with E-state index in [-0.39, 0.29) is 12.2 Å². The monoisotopic (exact) mass is 428 g/mol. The van der Waals surface area contributed by atoms with Crippen LogP contribution >= 0.6 is 11.6 Å². The fourth-order valence-corrected chi connectivity index (χ4v) is 3.52. The summed E-state index contributed by atoms with van der Waals surface area (Å²) in [6, 6.07) is 13.7. The molecule has 10 heteroatoms. The molecule has 1 fully saturated rings. The first-order valence-corrected chi connectivity index (χ1v) is 9.37. The van der Waals surface area contributed by atoms with Gasteiger partial charge in [-0.3, -0.25) is 4.90 Å². The third-order valence-corrected chi connectivity index (χ3v) is 5.00. The predicted octanol–water partition coefficient (Wildman–Crippen LogP) is 3.41. The highest BCUT2D eigenvalue weighted by molar-refractivity contribution is 6.30. The first kappa shape index (κ1) is 19.7. The molecule has 1 amide bonds. The summed E-state index contributed by atoms with van der Waals surface area (Å²) < 4.78 is 12.3. The fraction of sp³-hybridized carbons (Fsp3) is 0.200. The van der Waals surface area contributed by atoms with Crippen LogP contribution in [0.5, 0.6) is 5.75 Å². The minimum absolute atomic E-state index is 0.123. The smallest absolute Gasteiger partial charge is 0.415 e. The van der Waals surface area contributed by atoms with Crippen molar-refractivity contribution in [3.8, 4) is 5.75 Å². The molecule has 4 rings (SSSR count). The topological polar surface area (TPSA) is 107 Å². The number of methoxy groups -OCH3 is 1. The quantitative estimate of drug-likeness (QED) is 0.641. The summed E-state index contributed by atoms with van der Waals surface area (Å²) in [5.74, 6) is -0.549. The van der Waals surface area contributed by atoms with E-state index in [4.69, 9.17) is 26.2 Å². The largest absolute Gasteiger partial charge is 0.497 e. The Labute approximate surface area is 176 Å². The SMILES string of the molecule is COc1cccc([C@H]2[C@H](Cn3cc(C(=O)O)nn3)OC(=O)N2c2ccc(Cl)cc2)c1. The standard InChI is InChI=1S/C20H17ClN4O5/c1-29-15-4-2-3-12(9-15)18-17(11-24-10-16(19(26)27)22-23-24)30-20(28)25(18)14-7-5-13(21)6-8-14/h2-10,17-18H,11H2,1H3,(H,26,27)/t17-,18-/m0/s1. The summed E-state index contributed by atoms with van der Waals surface area (Å²) in [7, 11) is 1.56. The van der Waals surface area contributed by atoms with Crippen molar-refractivity contribution in [1.82, 2.24) is 15.0 Å². The van der Waals surface area contributed by atoms with Crippen molar-refractivity contribution < 1.29 is 24.2 Å². The molecule has 0 spiro atoms. The number of benzene rings is 2. The highest BCUT2D eigenvalue weighted by Crippen LogP contribution is 2.39. The van der Waals surface area contributed by atoms with Crippen LogP contribution < -0.4 is 9.64 Å². The van der Waals surface area contributed by atoms with Crippen LogP contribution in [0, 0.1) is 0 Å². The summed E-state index contributed by atoms with van der Waals surface area (Å²) in [4.78, 5) is 25.4. The number of aromatic nitrogens is 3. The van der Waals surface area contributed by atoms with Gasteiger partial charge in [0.1, 0.15) is 17.9 Å². The van der Waals surface area contributed by atoms with Gasteiger partial charge in [-0.05, 0) is 42.0 Å². The Kier molecular flexibility index (Phi) is 5.28. The molecule has 0 bridgehead atoms. The zero-order chi connectivity index (χ0) is 21.3. The highest BCUT2D eigenvalue weighted by Gasteiger charge is 2.44. The van der Waals surface area contributed by atoms with E-state index in [1.807, 2.05) is 18.2 Å². The maximum atomic E-state index is 12.8. The van der Waals surface area contributed by atoms with Crippen molar-refractivity contribution in [2.75, 3.05) is 12.0 Å². The lowest BCUT2D eigenvalue weighted by atomic mass is 9.99. The molecule has 2 aromatic carbocycles. The van der Waals surface area contributed by atoms with Gasteiger partial charge >= 0.3 is 12.1 Å². The molecular weight excluding hydrogens is 412 g/mol. The normalized spacial score (nSPS) is 18.3. The van der Waals surface area contributed by atoms with Gasteiger partial charge in [-0.2, -0.15) is 0 Å². The third kappa shape index (κ3) is 3.79. The average molecular weight is 429 g/mol. The van der Waals surface area contributed by atoms with Crippen molar-refractivity contribution in [3.05, 3.63) is 71.0 Å². The number of hydrogen-bond donors (Lipinski definition) is 1. The third-order valence-electron chi connectivity index (χ3n) is 4.74. The number of ether oxygens (including phenoxy) is 2. The number of nitrogens with zero attached hydrogens (tertiary/aromatic N) is 4. The molecule has 2 atom stereocenters. The second kappa shape index (κ2) is 8.03. The number of carboxylic acids is 1. The van der Waals surface area contributed by atoms with Crippen molar-refractivity contribution in [2.24, 2.45) is 0 Å². The fourth-order valence-electron chi connectivity index (χ4n) is 3.39. The molecular formula is C20H17ClN4O5. The van der Waals surface area contributed by atoms with E-state index in [2.05, 4.69) is 10.3 Å². The Bertz CT molecular complexity index is 1080. The Morgan fingerprint density at radius 1 is 1.27 bits per heavy atom. The van der Waals surface area contributed by atoms with Gasteiger partial charge in [0.25, 0.3) is 0 Å². The number of halogens is 1. The summed E-state index contributed by atoms with van der Waals surface area (Å²) in [5, 5.41) is 17.1. The molecule has 30 heavy (non-hydrogen) atoms. The Morgan fingerprint density at radius 3 is 2.70 bits per heavy atom. The zero-order valence-corrected chi connectivity index (χ0v) is 16.6. The molecule has 0 radical (unpaired) electrons. The van der Waals surface area contributed by atoms with Gasteiger partial charge in [0, 0.05) is 10.7 Å². The molecule has 0 saturated carbocycles. The van der Waals surface area contributed by atoms with E-state index in [0.717, 1.165) is 5.56 Å². The molecule has 3 aromatic rings. The van der Waals surface area contributed by atoms with Gasteiger partial charge < -0.3 is 14.6 Å².